The molecule has 7 heteroatoms. The number of carbonyl (C=O) groups excluding carboxylic acids is 1. The third-order valence-corrected chi connectivity index (χ3v) is 5.07. The van der Waals surface area contributed by atoms with Crippen LogP contribution in [0.4, 0.5) is 0 Å². The molecule has 3 rings (SSSR count). The van der Waals surface area contributed by atoms with Gasteiger partial charge in [0.25, 0.3) is 0 Å². The summed E-state index contributed by atoms with van der Waals surface area (Å²) in [7, 11) is 0. The Hall–Kier alpha value is -1.47. The average Bonchev–Trinajstić information content (AvgIpc) is 3.06. The maximum atomic E-state index is 12.5. The van der Waals surface area contributed by atoms with Crippen molar-refractivity contribution in [3.63, 3.8) is 0 Å². The van der Waals surface area contributed by atoms with Crippen LogP contribution in [0.3, 0.4) is 0 Å². The summed E-state index contributed by atoms with van der Waals surface area (Å²) in [5.41, 5.74) is -0.454. The first-order chi connectivity index (χ1) is 11.4. The van der Waals surface area contributed by atoms with Crippen molar-refractivity contribution in [2.75, 3.05) is 13.2 Å². The van der Waals surface area contributed by atoms with Crippen LogP contribution in [0.2, 0.25) is 0 Å². The summed E-state index contributed by atoms with van der Waals surface area (Å²) in [5.74, 6) is 0.0541. The lowest BCUT2D eigenvalue weighted by Crippen LogP contribution is -2.46. The van der Waals surface area contributed by atoms with Gasteiger partial charge in [-0.25, -0.2) is 4.68 Å². The molecule has 1 aliphatic heterocycles. The highest BCUT2D eigenvalue weighted by Crippen LogP contribution is 2.30. The molecule has 1 aliphatic carbocycles. The average molecular weight is 336 g/mol. The number of ether oxygens (including phenoxy) is 1. The van der Waals surface area contributed by atoms with Gasteiger partial charge in [-0.1, -0.05) is 18.1 Å². The van der Waals surface area contributed by atoms with Gasteiger partial charge in [0.05, 0.1) is 30.8 Å². The first-order valence-corrected chi connectivity index (χ1v) is 8.98. The second-order valence-corrected chi connectivity index (χ2v) is 7.52. The smallest absolute Gasteiger partial charge is 0.225 e. The van der Waals surface area contributed by atoms with E-state index < -0.39 is 5.60 Å². The number of nitrogens with zero attached hydrogens (tertiary/aromatic N) is 3. The number of carbonyl (C=O) groups is 1. The van der Waals surface area contributed by atoms with Crippen LogP contribution < -0.4 is 5.32 Å². The minimum absolute atomic E-state index is 0.0380. The molecular formula is C17H28N4O3. The molecule has 1 amide bonds. The van der Waals surface area contributed by atoms with E-state index in [0.717, 1.165) is 45.1 Å². The molecule has 1 aromatic heterocycles. The highest BCUT2D eigenvalue weighted by Gasteiger charge is 2.32. The number of amides is 1. The van der Waals surface area contributed by atoms with Crippen LogP contribution in [0.1, 0.15) is 64.1 Å². The first kappa shape index (κ1) is 17.4. The van der Waals surface area contributed by atoms with E-state index in [9.17, 15) is 9.90 Å². The summed E-state index contributed by atoms with van der Waals surface area (Å²) in [6, 6.07) is 0.153. The third-order valence-electron chi connectivity index (χ3n) is 5.07. The molecule has 2 N–H and O–H groups in total. The topological polar surface area (TPSA) is 89.3 Å². The van der Waals surface area contributed by atoms with Gasteiger partial charge in [0.2, 0.25) is 5.91 Å². The van der Waals surface area contributed by atoms with Gasteiger partial charge in [0.1, 0.15) is 11.3 Å². The van der Waals surface area contributed by atoms with Gasteiger partial charge in [0, 0.05) is 6.61 Å². The number of hydrogen-bond donors (Lipinski definition) is 2. The van der Waals surface area contributed by atoms with Crippen molar-refractivity contribution in [1.29, 1.82) is 0 Å². The van der Waals surface area contributed by atoms with E-state index in [4.69, 9.17) is 4.74 Å². The third kappa shape index (κ3) is 3.95. The van der Waals surface area contributed by atoms with E-state index in [2.05, 4.69) is 15.6 Å². The summed E-state index contributed by atoms with van der Waals surface area (Å²) in [4.78, 5) is 12.5. The molecule has 24 heavy (non-hydrogen) atoms. The monoisotopic (exact) mass is 336 g/mol. The Bertz CT molecular complexity index is 560. The first-order valence-electron chi connectivity index (χ1n) is 8.98. The standard InChI is InChI=1S/C17H28N4O3/c1-17(2,23)15-10-21(20-19-15)14-8-4-3-7-13(14)18-16(22)12-6-5-9-24-11-12/h10,12-14,23H,3-9,11H2,1-2H3,(H,18,22)/t12?,13-,14+/m0/s1. The minimum atomic E-state index is -1.01. The quantitative estimate of drug-likeness (QED) is 0.870. The van der Waals surface area contributed by atoms with Gasteiger partial charge >= 0.3 is 0 Å². The molecule has 1 saturated heterocycles. The fourth-order valence-corrected chi connectivity index (χ4v) is 3.56. The molecule has 0 bridgehead atoms. The number of nitrogens with one attached hydrogen (secondary N) is 1. The zero-order valence-electron chi connectivity index (χ0n) is 14.6. The van der Waals surface area contributed by atoms with Gasteiger partial charge in [-0.15, -0.1) is 5.10 Å². The van der Waals surface area contributed by atoms with E-state index >= 15 is 0 Å². The van der Waals surface area contributed by atoms with Crippen molar-refractivity contribution in [3.05, 3.63) is 11.9 Å². The molecular weight excluding hydrogens is 308 g/mol. The van der Waals surface area contributed by atoms with E-state index in [1.165, 1.54) is 0 Å². The van der Waals surface area contributed by atoms with Crippen molar-refractivity contribution in [3.8, 4) is 0 Å². The molecule has 2 fully saturated rings. The molecule has 2 aliphatic rings. The number of aliphatic hydroxyl groups is 1. The van der Waals surface area contributed by atoms with Crippen LogP contribution >= 0.6 is 0 Å². The summed E-state index contributed by atoms with van der Waals surface area (Å²) in [6.45, 7) is 4.68. The molecule has 3 atom stereocenters. The van der Waals surface area contributed by atoms with Crippen LogP contribution in [0, 0.1) is 5.92 Å². The Labute approximate surface area is 142 Å². The predicted molar refractivity (Wildman–Crippen MR) is 88.2 cm³/mol. The van der Waals surface area contributed by atoms with Gasteiger partial charge in [0.15, 0.2) is 0 Å². The number of aromatic nitrogens is 3. The molecule has 7 nitrogen and oxygen atoms in total. The Balaban J connectivity index is 1.69. The lowest BCUT2D eigenvalue weighted by molar-refractivity contribution is -0.130. The highest BCUT2D eigenvalue weighted by molar-refractivity contribution is 5.79. The van der Waals surface area contributed by atoms with E-state index in [0.29, 0.717) is 12.3 Å². The highest BCUT2D eigenvalue weighted by atomic mass is 16.5. The molecule has 134 valence electrons. The van der Waals surface area contributed by atoms with Crippen molar-refractivity contribution >= 4 is 5.91 Å². The van der Waals surface area contributed by atoms with Crippen molar-refractivity contribution < 1.29 is 14.6 Å². The fraction of sp³-hybridized carbons (Fsp3) is 0.824. The lowest BCUT2D eigenvalue weighted by atomic mass is 9.89. The summed E-state index contributed by atoms with van der Waals surface area (Å²) in [6.07, 6.45) is 7.78. The van der Waals surface area contributed by atoms with Crippen molar-refractivity contribution in [2.24, 2.45) is 5.92 Å². The van der Waals surface area contributed by atoms with E-state index in [1.807, 2.05) is 4.68 Å². The predicted octanol–water partition coefficient (Wildman–Crippen LogP) is 1.53. The van der Waals surface area contributed by atoms with Crippen LogP contribution in [0.15, 0.2) is 6.20 Å². The van der Waals surface area contributed by atoms with E-state index in [-0.39, 0.29) is 23.9 Å². The van der Waals surface area contributed by atoms with Crippen molar-refractivity contribution in [2.45, 2.75) is 70.1 Å². The second kappa shape index (κ2) is 7.19. The van der Waals surface area contributed by atoms with Crippen LogP contribution in [-0.2, 0) is 15.1 Å². The Kier molecular flexibility index (Phi) is 5.20. The normalized spacial score (nSPS) is 28.5. The molecule has 1 saturated carbocycles. The van der Waals surface area contributed by atoms with Gasteiger partial charge in [-0.05, 0) is 39.5 Å². The largest absolute Gasteiger partial charge is 0.384 e. The van der Waals surface area contributed by atoms with Crippen molar-refractivity contribution in [1.82, 2.24) is 20.3 Å². The van der Waals surface area contributed by atoms with Crippen LogP contribution in [0.25, 0.3) is 0 Å². The molecule has 0 spiro atoms. The van der Waals surface area contributed by atoms with Crippen LogP contribution in [-0.4, -0.2) is 45.3 Å². The molecule has 1 aromatic rings. The number of hydrogen-bond acceptors (Lipinski definition) is 5. The SMILES string of the molecule is CC(C)(O)c1cn([C@@H]2CCCC[C@@H]2NC(=O)C2CCCOC2)nn1. The second-order valence-electron chi connectivity index (χ2n) is 7.52. The molecule has 0 radical (unpaired) electrons. The summed E-state index contributed by atoms with van der Waals surface area (Å²) >= 11 is 0. The summed E-state index contributed by atoms with van der Waals surface area (Å²) in [5, 5.41) is 21.6. The minimum Gasteiger partial charge on any atom is -0.384 e. The molecule has 0 aromatic carbocycles. The lowest BCUT2D eigenvalue weighted by Gasteiger charge is -2.33. The summed E-state index contributed by atoms with van der Waals surface area (Å²) < 4.78 is 7.24. The van der Waals surface area contributed by atoms with Gasteiger partial charge < -0.3 is 15.2 Å². The molecule has 1 unspecified atom stereocenters. The Morgan fingerprint density at radius 2 is 2.12 bits per heavy atom. The molecule has 2 heterocycles. The fourth-order valence-electron chi connectivity index (χ4n) is 3.56. The van der Waals surface area contributed by atoms with Crippen LogP contribution in [0.5, 0.6) is 0 Å². The maximum absolute atomic E-state index is 12.5. The number of rotatable bonds is 4. The van der Waals surface area contributed by atoms with E-state index in [1.54, 1.807) is 20.0 Å². The zero-order valence-corrected chi connectivity index (χ0v) is 14.6. The maximum Gasteiger partial charge on any atom is 0.225 e. The zero-order chi connectivity index (χ0) is 17.2. The van der Waals surface area contributed by atoms with Gasteiger partial charge in [-0.3, -0.25) is 4.79 Å². The van der Waals surface area contributed by atoms with Gasteiger partial charge in [-0.2, -0.15) is 0 Å². The Morgan fingerprint density at radius 3 is 2.79 bits per heavy atom. The Morgan fingerprint density at radius 1 is 1.33 bits per heavy atom.